The van der Waals surface area contributed by atoms with Crippen molar-refractivity contribution in [3.63, 3.8) is 0 Å². The predicted molar refractivity (Wildman–Crippen MR) is 99.5 cm³/mol. The minimum Gasteiger partial charge on any atom is -0.461 e. The van der Waals surface area contributed by atoms with Crippen LogP contribution in [0.3, 0.4) is 0 Å². The number of benzene rings is 3. The Morgan fingerprint density at radius 1 is 0.750 bits per heavy atom. The Morgan fingerprint density at radius 3 is 2.00 bits per heavy atom. The second-order valence-electron chi connectivity index (χ2n) is 5.53. The van der Waals surface area contributed by atoms with Crippen molar-refractivity contribution in [3.8, 4) is 11.1 Å². The van der Waals surface area contributed by atoms with Crippen molar-refractivity contribution in [2.75, 3.05) is 0 Å². The Kier molecular flexibility index (Phi) is 5.44. The summed E-state index contributed by atoms with van der Waals surface area (Å²) in [4.78, 5) is 11.9. The molecule has 0 aromatic heterocycles. The third-order valence-corrected chi connectivity index (χ3v) is 4.25. The number of halogens is 1. The number of ether oxygens (including phenoxy) is 1. The molecule has 0 spiro atoms. The van der Waals surface area contributed by atoms with Gasteiger partial charge in [-0.15, -0.1) is 0 Å². The third kappa shape index (κ3) is 4.56. The summed E-state index contributed by atoms with van der Waals surface area (Å²) < 4.78 is 6.36. The first-order chi connectivity index (χ1) is 11.7. The lowest BCUT2D eigenvalue weighted by molar-refractivity contribution is -0.144. The molecule has 0 aliphatic heterocycles. The minimum absolute atomic E-state index is 0.218. The van der Waals surface area contributed by atoms with Gasteiger partial charge in [0.1, 0.15) is 6.61 Å². The molecule has 0 atom stereocenters. The first-order valence-corrected chi connectivity index (χ1v) is 8.54. The molecular weight excluding hydrogens is 364 g/mol. The highest BCUT2D eigenvalue weighted by Gasteiger charge is 2.06. The third-order valence-electron chi connectivity index (χ3n) is 3.72. The number of carbonyl (C=O) groups is 1. The second kappa shape index (κ2) is 7.93. The maximum Gasteiger partial charge on any atom is 0.310 e. The average Bonchev–Trinajstić information content (AvgIpc) is 2.63. The lowest BCUT2D eigenvalue weighted by Crippen LogP contribution is -2.07. The van der Waals surface area contributed by atoms with Crippen LogP contribution in [0.25, 0.3) is 11.1 Å². The second-order valence-corrected chi connectivity index (χ2v) is 6.44. The van der Waals surface area contributed by atoms with E-state index in [1.54, 1.807) is 0 Å². The highest BCUT2D eigenvalue weighted by atomic mass is 79.9. The van der Waals surface area contributed by atoms with Crippen molar-refractivity contribution in [3.05, 3.63) is 94.5 Å². The molecule has 0 saturated heterocycles. The van der Waals surface area contributed by atoms with Crippen LogP contribution in [0.1, 0.15) is 11.1 Å². The van der Waals surface area contributed by atoms with Crippen LogP contribution in [0.2, 0.25) is 0 Å². The zero-order chi connectivity index (χ0) is 16.8. The molecular formula is C21H17BrO2. The highest BCUT2D eigenvalue weighted by Crippen LogP contribution is 2.19. The van der Waals surface area contributed by atoms with E-state index in [4.69, 9.17) is 4.74 Å². The lowest BCUT2D eigenvalue weighted by Gasteiger charge is -2.07. The topological polar surface area (TPSA) is 26.3 Å². The molecule has 0 amide bonds. The molecule has 0 aliphatic carbocycles. The fourth-order valence-corrected chi connectivity index (χ4v) is 2.67. The van der Waals surface area contributed by atoms with Crippen molar-refractivity contribution in [2.45, 2.75) is 13.0 Å². The molecule has 2 nitrogen and oxygen atoms in total. The van der Waals surface area contributed by atoms with Gasteiger partial charge in [0, 0.05) is 4.47 Å². The van der Waals surface area contributed by atoms with Crippen molar-refractivity contribution in [1.82, 2.24) is 0 Å². The van der Waals surface area contributed by atoms with Crippen molar-refractivity contribution >= 4 is 21.9 Å². The standard InChI is InChI=1S/C21H17BrO2/c22-20-12-8-16(9-13-20)14-21(23)24-15-17-6-10-19(11-7-17)18-4-2-1-3-5-18/h1-13H,14-15H2. The Morgan fingerprint density at radius 2 is 1.33 bits per heavy atom. The molecule has 120 valence electrons. The zero-order valence-corrected chi connectivity index (χ0v) is 14.7. The molecule has 0 radical (unpaired) electrons. The van der Waals surface area contributed by atoms with Gasteiger partial charge in [-0.3, -0.25) is 4.79 Å². The van der Waals surface area contributed by atoms with Crippen molar-refractivity contribution in [1.29, 1.82) is 0 Å². The van der Waals surface area contributed by atoms with E-state index in [0.29, 0.717) is 6.61 Å². The summed E-state index contributed by atoms with van der Waals surface area (Å²) >= 11 is 3.38. The van der Waals surface area contributed by atoms with Gasteiger partial charge < -0.3 is 4.74 Å². The van der Waals surface area contributed by atoms with E-state index in [9.17, 15) is 4.79 Å². The van der Waals surface area contributed by atoms with Gasteiger partial charge in [-0.2, -0.15) is 0 Å². The van der Waals surface area contributed by atoms with Crippen molar-refractivity contribution < 1.29 is 9.53 Å². The van der Waals surface area contributed by atoms with Gasteiger partial charge in [0.05, 0.1) is 6.42 Å². The normalized spacial score (nSPS) is 10.4. The van der Waals surface area contributed by atoms with Gasteiger partial charge in [-0.1, -0.05) is 82.7 Å². The van der Waals surface area contributed by atoms with Gasteiger partial charge >= 0.3 is 5.97 Å². The van der Waals surface area contributed by atoms with Gasteiger partial charge in [0.2, 0.25) is 0 Å². The summed E-state index contributed by atoms with van der Waals surface area (Å²) in [6.45, 7) is 0.296. The largest absolute Gasteiger partial charge is 0.461 e. The van der Waals surface area contributed by atoms with E-state index in [-0.39, 0.29) is 12.4 Å². The molecule has 0 heterocycles. The summed E-state index contributed by atoms with van der Waals surface area (Å²) in [6.07, 6.45) is 0.287. The number of hydrogen-bond acceptors (Lipinski definition) is 2. The van der Waals surface area contributed by atoms with E-state index in [1.807, 2.05) is 66.7 Å². The van der Waals surface area contributed by atoms with Gasteiger partial charge in [0.15, 0.2) is 0 Å². The number of carbonyl (C=O) groups excluding carboxylic acids is 1. The van der Waals surface area contributed by atoms with E-state index < -0.39 is 0 Å². The number of rotatable bonds is 5. The van der Waals surface area contributed by atoms with Crippen molar-refractivity contribution in [2.24, 2.45) is 0 Å². The first kappa shape index (κ1) is 16.5. The fraction of sp³-hybridized carbons (Fsp3) is 0.0952. The van der Waals surface area contributed by atoms with Crippen LogP contribution in [-0.4, -0.2) is 5.97 Å². The van der Waals surface area contributed by atoms with Crippen LogP contribution in [0, 0.1) is 0 Å². The molecule has 3 heteroatoms. The van der Waals surface area contributed by atoms with Gasteiger partial charge in [-0.05, 0) is 34.4 Å². The summed E-state index contributed by atoms with van der Waals surface area (Å²) in [5.74, 6) is -0.218. The van der Waals surface area contributed by atoms with Crippen LogP contribution in [0.5, 0.6) is 0 Å². The Balaban J connectivity index is 1.54. The summed E-state index contributed by atoms with van der Waals surface area (Å²) in [6, 6.07) is 26.0. The Hall–Kier alpha value is -2.39. The quantitative estimate of drug-likeness (QED) is 0.553. The Labute approximate surface area is 150 Å². The lowest BCUT2D eigenvalue weighted by atomic mass is 10.0. The van der Waals surface area contributed by atoms with Crippen LogP contribution in [0.15, 0.2) is 83.3 Å². The molecule has 0 bridgehead atoms. The molecule has 0 saturated carbocycles. The van der Waals surface area contributed by atoms with Crippen LogP contribution < -0.4 is 0 Å². The minimum atomic E-state index is -0.218. The van der Waals surface area contributed by atoms with Crippen LogP contribution in [0.4, 0.5) is 0 Å². The molecule has 0 unspecified atom stereocenters. The molecule has 0 fully saturated rings. The highest BCUT2D eigenvalue weighted by molar-refractivity contribution is 9.10. The van der Waals surface area contributed by atoms with E-state index in [1.165, 1.54) is 5.56 Å². The maximum absolute atomic E-state index is 11.9. The summed E-state index contributed by atoms with van der Waals surface area (Å²) in [7, 11) is 0. The average molecular weight is 381 g/mol. The monoisotopic (exact) mass is 380 g/mol. The van der Waals surface area contributed by atoms with E-state index in [0.717, 1.165) is 21.2 Å². The van der Waals surface area contributed by atoms with Crippen LogP contribution >= 0.6 is 15.9 Å². The zero-order valence-electron chi connectivity index (χ0n) is 13.1. The SMILES string of the molecule is O=C(Cc1ccc(Br)cc1)OCc1ccc(-c2ccccc2)cc1. The summed E-state index contributed by atoms with van der Waals surface area (Å²) in [5, 5.41) is 0. The smallest absolute Gasteiger partial charge is 0.310 e. The molecule has 24 heavy (non-hydrogen) atoms. The summed E-state index contributed by atoms with van der Waals surface area (Å²) in [5.41, 5.74) is 4.26. The predicted octanol–water partition coefficient (Wildman–Crippen LogP) is 5.40. The van der Waals surface area contributed by atoms with Gasteiger partial charge in [-0.25, -0.2) is 0 Å². The number of hydrogen-bond donors (Lipinski definition) is 0. The Bertz CT molecular complexity index is 794. The van der Waals surface area contributed by atoms with E-state index in [2.05, 4.69) is 28.1 Å². The molecule has 0 N–H and O–H groups in total. The molecule has 3 rings (SSSR count). The molecule has 0 aliphatic rings. The molecule has 3 aromatic rings. The van der Waals surface area contributed by atoms with Gasteiger partial charge in [0.25, 0.3) is 0 Å². The molecule has 3 aromatic carbocycles. The maximum atomic E-state index is 11.9. The fourth-order valence-electron chi connectivity index (χ4n) is 2.41. The first-order valence-electron chi connectivity index (χ1n) is 7.75. The number of esters is 1. The van der Waals surface area contributed by atoms with E-state index >= 15 is 0 Å². The van der Waals surface area contributed by atoms with Crippen LogP contribution in [-0.2, 0) is 22.6 Å².